The number of amides is 2. The Labute approximate surface area is 234 Å². The Hall–Kier alpha value is -3.07. The highest BCUT2D eigenvalue weighted by Gasteiger charge is 2.32. The summed E-state index contributed by atoms with van der Waals surface area (Å²) in [5.74, 6) is -0.929. The fraction of sp³-hybridized carbons (Fsp3) is 0.286. The molecule has 0 fully saturated rings. The fourth-order valence-electron chi connectivity index (χ4n) is 3.87. The normalized spacial score (nSPS) is 12.1. The van der Waals surface area contributed by atoms with Crippen LogP contribution in [0.1, 0.15) is 30.5 Å². The van der Waals surface area contributed by atoms with Gasteiger partial charge < -0.3 is 10.2 Å². The zero-order valence-corrected chi connectivity index (χ0v) is 24.1. The van der Waals surface area contributed by atoms with Crippen LogP contribution in [0.15, 0.2) is 71.6 Å². The summed E-state index contributed by atoms with van der Waals surface area (Å²) >= 11 is 12.4. The lowest BCUT2D eigenvalue weighted by molar-refractivity contribution is -0.139. The molecule has 1 atom stereocenters. The minimum atomic E-state index is -4.11. The Morgan fingerprint density at radius 2 is 1.63 bits per heavy atom. The molecule has 3 aromatic rings. The molecule has 2 amide bonds. The second-order valence-electron chi connectivity index (χ2n) is 8.92. The third-order valence-corrected chi connectivity index (χ3v) is 8.64. The Kier molecular flexibility index (Phi) is 9.82. The molecule has 202 valence electrons. The van der Waals surface area contributed by atoms with E-state index in [2.05, 4.69) is 5.32 Å². The molecule has 0 bridgehead atoms. The molecule has 0 aliphatic heterocycles. The molecule has 1 unspecified atom stereocenters. The number of nitrogens with one attached hydrogen (secondary N) is 1. The molecular weight excluding hydrogens is 545 g/mol. The van der Waals surface area contributed by atoms with Gasteiger partial charge in [0.1, 0.15) is 12.6 Å². The number of carbonyl (C=O) groups excluding carboxylic acids is 2. The summed E-state index contributed by atoms with van der Waals surface area (Å²) < 4.78 is 28.6. The van der Waals surface area contributed by atoms with Crippen molar-refractivity contribution in [2.45, 2.75) is 45.2 Å². The van der Waals surface area contributed by atoms with Crippen molar-refractivity contribution in [1.82, 2.24) is 10.2 Å². The summed E-state index contributed by atoms with van der Waals surface area (Å²) in [6.45, 7) is 7.02. The zero-order chi connectivity index (χ0) is 28.0. The van der Waals surface area contributed by atoms with E-state index in [0.717, 1.165) is 15.4 Å². The van der Waals surface area contributed by atoms with Gasteiger partial charge in [0.25, 0.3) is 10.0 Å². The van der Waals surface area contributed by atoms with E-state index in [4.69, 9.17) is 23.2 Å². The second kappa shape index (κ2) is 12.7. The van der Waals surface area contributed by atoms with Crippen LogP contribution in [-0.4, -0.2) is 44.3 Å². The van der Waals surface area contributed by atoms with Crippen LogP contribution in [0.2, 0.25) is 10.0 Å². The summed E-state index contributed by atoms with van der Waals surface area (Å²) in [7, 11) is -4.11. The van der Waals surface area contributed by atoms with Gasteiger partial charge in [0.15, 0.2) is 0 Å². The fourth-order valence-corrected chi connectivity index (χ4v) is 5.76. The number of anilines is 1. The number of halogens is 2. The number of hydrogen-bond donors (Lipinski definition) is 1. The SMILES string of the molecule is CCNC(=O)C(C)N(Cc1ccc(Cl)cc1Cl)C(=O)CN(c1ccc(C)c(C)c1)S(=O)(=O)c1ccccc1. The highest BCUT2D eigenvalue weighted by Crippen LogP contribution is 2.27. The largest absolute Gasteiger partial charge is 0.355 e. The summed E-state index contributed by atoms with van der Waals surface area (Å²) in [5, 5.41) is 3.49. The Balaban J connectivity index is 2.06. The lowest BCUT2D eigenvalue weighted by Gasteiger charge is -2.32. The lowest BCUT2D eigenvalue weighted by Crippen LogP contribution is -2.51. The van der Waals surface area contributed by atoms with E-state index in [1.807, 2.05) is 19.9 Å². The molecule has 7 nitrogen and oxygen atoms in total. The zero-order valence-electron chi connectivity index (χ0n) is 21.7. The number of sulfonamides is 1. The molecule has 0 spiro atoms. The van der Waals surface area contributed by atoms with E-state index in [1.54, 1.807) is 62.4 Å². The van der Waals surface area contributed by atoms with Gasteiger partial charge in [0, 0.05) is 23.1 Å². The van der Waals surface area contributed by atoms with Crippen molar-refractivity contribution in [3.8, 4) is 0 Å². The maximum atomic E-state index is 13.9. The minimum Gasteiger partial charge on any atom is -0.355 e. The summed E-state index contributed by atoms with van der Waals surface area (Å²) in [6, 6.07) is 17.1. The summed E-state index contributed by atoms with van der Waals surface area (Å²) in [5.41, 5.74) is 2.79. The highest BCUT2D eigenvalue weighted by molar-refractivity contribution is 7.92. The van der Waals surface area contributed by atoms with Crippen LogP contribution in [0.5, 0.6) is 0 Å². The highest BCUT2D eigenvalue weighted by atomic mass is 35.5. The lowest BCUT2D eigenvalue weighted by atomic mass is 10.1. The summed E-state index contributed by atoms with van der Waals surface area (Å²) in [4.78, 5) is 28.0. The first-order valence-corrected chi connectivity index (χ1v) is 14.3. The number of carbonyl (C=O) groups is 2. The van der Waals surface area contributed by atoms with E-state index >= 15 is 0 Å². The molecule has 38 heavy (non-hydrogen) atoms. The summed E-state index contributed by atoms with van der Waals surface area (Å²) in [6.07, 6.45) is 0. The van der Waals surface area contributed by atoms with Gasteiger partial charge in [-0.25, -0.2) is 8.42 Å². The van der Waals surface area contributed by atoms with Gasteiger partial charge in [0.2, 0.25) is 11.8 Å². The van der Waals surface area contributed by atoms with Crippen molar-refractivity contribution < 1.29 is 18.0 Å². The average Bonchev–Trinajstić information content (AvgIpc) is 2.88. The van der Waals surface area contributed by atoms with Crippen molar-refractivity contribution in [3.63, 3.8) is 0 Å². The molecule has 3 aromatic carbocycles. The molecule has 0 saturated carbocycles. The smallest absolute Gasteiger partial charge is 0.264 e. The number of likely N-dealkylation sites (N-methyl/N-ethyl adjacent to an activating group) is 1. The standard InChI is InChI=1S/C28H31Cl2N3O4S/c1-5-31-28(35)21(4)32(17-22-12-13-23(29)16-26(22)30)27(34)18-33(24-14-11-19(2)20(3)15-24)38(36,37)25-9-7-6-8-10-25/h6-16,21H,5,17-18H2,1-4H3,(H,31,35). The predicted molar refractivity (Wildman–Crippen MR) is 152 cm³/mol. The Morgan fingerprint density at radius 3 is 2.24 bits per heavy atom. The molecule has 3 rings (SSSR count). The topological polar surface area (TPSA) is 86.8 Å². The second-order valence-corrected chi connectivity index (χ2v) is 11.6. The van der Waals surface area contributed by atoms with Gasteiger partial charge >= 0.3 is 0 Å². The third kappa shape index (κ3) is 6.87. The van der Waals surface area contributed by atoms with Gasteiger partial charge in [-0.2, -0.15) is 0 Å². The van der Waals surface area contributed by atoms with E-state index in [1.165, 1.54) is 17.0 Å². The third-order valence-electron chi connectivity index (χ3n) is 6.26. The van der Waals surface area contributed by atoms with E-state index in [0.29, 0.717) is 27.8 Å². The van der Waals surface area contributed by atoms with Crippen LogP contribution in [0.3, 0.4) is 0 Å². The molecule has 0 radical (unpaired) electrons. The Morgan fingerprint density at radius 1 is 0.947 bits per heavy atom. The molecule has 0 heterocycles. The van der Waals surface area contributed by atoms with Crippen LogP contribution < -0.4 is 9.62 Å². The van der Waals surface area contributed by atoms with E-state index in [-0.39, 0.29) is 17.3 Å². The maximum Gasteiger partial charge on any atom is 0.264 e. The molecule has 0 aromatic heterocycles. The molecule has 1 N–H and O–H groups in total. The first-order chi connectivity index (χ1) is 17.9. The van der Waals surface area contributed by atoms with Crippen LogP contribution in [0, 0.1) is 13.8 Å². The first kappa shape index (κ1) is 29.5. The number of rotatable bonds is 10. The van der Waals surface area contributed by atoms with Crippen molar-refractivity contribution in [2.24, 2.45) is 0 Å². The van der Waals surface area contributed by atoms with Crippen LogP contribution in [0.25, 0.3) is 0 Å². The number of aryl methyl sites for hydroxylation is 2. The van der Waals surface area contributed by atoms with Crippen molar-refractivity contribution in [3.05, 3.63) is 93.5 Å². The molecule has 10 heteroatoms. The molecule has 0 aliphatic carbocycles. The van der Waals surface area contributed by atoms with Crippen molar-refractivity contribution >= 4 is 50.7 Å². The van der Waals surface area contributed by atoms with Crippen molar-refractivity contribution in [2.75, 3.05) is 17.4 Å². The minimum absolute atomic E-state index is 0.0146. The van der Waals surface area contributed by atoms with E-state index in [9.17, 15) is 18.0 Å². The van der Waals surface area contributed by atoms with Gasteiger partial charge in [-0.05, 0) is 80.8 Å². The molecular formula is C28H31Cl2N3O4S. The van der Waals surface area contributed by atoms with Crippen LogP contribution in [-0.2, 0) is 26.2 Å². The van der Waals surface area contributed by atoms with Crippen molar-refractivity contribution in [1.29, 1.82) is 0 Å². The van der Waals surface area contributed by atoms with Gasteiger partial charge in [0.05, 0.1) is 10.6 Å². The Bertz CT molecular complexity index is 1410. The van der Waals surface area contributed by atoms with Gasteiger partial charge in [-0.1, -0.05) is 53.5 Å². The van der Waals surface area contributed by atoms with E-state index < -0.39 is 28.5 Å². The monoisotopic (exact) mass is 575 g/mol. The van der Waals surface area contributed by atoms with Crippen LogP contribution in [0.4, 0.5) is 5.69 Å². The first-order valence-electron chi connectivity index (χ1n) is 12.1. The van der Waals surface area contributed by atoms with Gasteiger partial charge in [-0.3, -0.25) is 13.9 Å². The van der Waals surface area contributed by atoms with Gasteiger partial charge in [-0.15, -0.1) is 0 Å². The predicted octanol–water partition coefficient (Wildman–Crippen LogP) is 5.36. The number of benzene rings is 3. The maximum absolute atomic E-state index is 13.9. The quantitative estimate of drug-likeness (QED) is 0.352. The average molecular weight is 577 g/mol. The number of hydrogen-bond acceptors (Lipinski definition) is 4. The molecule has 0 saturated heterocycles. The number of nitrogens with zero attached hydrogens (tertiary/aromatic N) is 2. The van der Waals surface area contributed by atoms with Crippen LogP contribution >= 0.6 is 23.2 Å². The molecule has 0 aliphatic rings.